The van der Waals surface area contributed by atoms with Gasteiger partial charge in [-0.05, 0) is 25.7 Å². The average molecular weight is 175 g/mol. The lowest BCUT2D eigenvalue weighted by atomic mass is 9.93. The topological polar surface area (TPSA) is 9.23 Å². The highest BCUT2D eigenvalue weighted by Crippen LogP contribution is 2.32. The molecule has 1 nitrogen and oxygen atoms in total. The third kappa shape index (κ3) is 2.21. The van der Waals surface area contributed by atoms with Crippen LogP contribution in [0.5, 0.6) is 0 Å². The second kappa shape index (κ2) is 4.13. The Labute approximate surface area is 73.4 Å². The first kappa shape index (κ1) is 9.08. The third-order valence-corrected chi connectivity index (χ3v) is 2.59. The molecule has 0 radical (unpaired) electrons. The van der Waals surface area contributed by atoms with E-state index >= 15 is 0 Å². The van der Waals surface area contributed by atoms with Crippen LogP contribution in [0.3, 0.4) is 0 Å². The Morgan fingerprint density at radius 2 is 2.45 bits per heavy atom. The van der Waals surface area contributed by atoms with E-state index in [-0.39, 0.29) is 5.60 Å². The fourth-order valence-electron chi connectivity index (χ4n) is 1.60. The Hall–Kier alpha value is -0.0100. The third-order valence-electron chi connectivity index (χ3n) is 2.41. The van der Waals surface area contributed by atoms with Gasteiger partial charge in [-0.3, -0.25) is 0 Å². The fourth-order valence-corrected chi connectivity index (χ4v) is 1.69. The Morgan fingerprint density at radius 1 is 1.64 bits per heavy atom. The summed E-state index contributed by atoms with van der Waals surface area (Å²) in [6.07, 6.45) is 6.42. The molecule has 1 aliphatic rings. The van der Waals surface area contributed by atoms with Gasteiger partial charge in [0.2, 0.25) is 0 Å². The van der Waals surface area contributed by atoms with Gasteiger partial charge in [0.1, 0.15) is 0 Å². The van der Waals surface area contributed by atoms with Crippen molar-refractivity contribution in [3.63, 3.8) is 0 Å². The zero-order valence-electron chi connectivity index (χ0n) is 6.98. The SMILES string of the molecule is CCC1(CC=CCl)CCCO1. The van der Waals surface area contributed by atoms with Crippen LogP contribution in [-0.4, -0.2) is 12.2 Å². The summed E-state index contributed by atoms with van der Waals surface area (Å²) in [6, 6.07) is 0. The normalized spacial score (nSPS) is 31.8. The van der Waals surface area contributed by atoms with Crippen LogP contribution in [-0.2, 0) is 4.74 Å². The fraction of sp³-hybridized carbons (Fsp3) is 0.778. The average Bonchev–Trinajstić information content (AvgIpc) is 2.50. The maximum atomic E-state index is 5.68. The molecule has 0 aromatic heterocycles. The van der Waals surface area contributed by atoms with E-state index in [0.717, 1.165) is 19.4 Å². The Morgan fingerprint density at radius 3 is 2.91 bits per heavy atom. The van der Waals surface area contributed by atoms with E-state index in [2.05, 4.69) is 6.92 Å². The Bertz CT molecular complexity index is 136. The van der Waals surface area contributed by atoms with Gasteiger partial charge in [-0.2, -0.15) is 0 Å². The number of ether oxygens (including phenoxy) is 1. The lowest BCUT2D eigenvalue weighted by Crippen LogP contribution is -2.25. The van der Waals surface area contributed by atoms with Crippen LogP contribution >= 0.6 is 11.6 Å². The first-order chi connectivity index (χ1) is 5.33. The van der Waals surface area contributed by atoms with E-state index in [4.69, 9.17) is 16.3 Å². The summed E-state index contributed by atoms with van der Waals surface area (Å²) < 4.78 is 5.68. The summed E-state index contributed by atoms with van der Waals surface area (Å²) in [5.41, 5.74) is 1.70. The minimum absolute atomic E-state index is 0.116. The van der Waals surface area contributed by atoms with Crippen LogP contribution in [0.1, 0.15) is 32.6 Å². The highest BCUT2D eigenvalue weighted by Gasteiger charge is 2.31. The van der Waals surface area contributed by atoms with Crippen LogP contribution in [0.15, 0.2) is 11.6 Å². The molecule has 1 saturated heterocycles. The number of rotatable bonds is 3. The Kier molecular flexibility index (Phi) is 3.41. The van der Waals surface area contributed by atoms with Crippen molar-refractivity contribution in [3.05, 3.63) is 11.6 Å². The van der Waals surface area contributed by atoms with E-state index in [1.165, 1.54) is 12.8 Å². The summed E-state index contributed by atoms with van der Waals surface area (Å²) >= 11 is 5.46. The van der Waals surface area contributed by atoms with E-state index < -0.39 is 0 Å². The second-order valence-corrected chi connectivity index (χ2v) is 3.31. The summed E-state index contributed by atoms with van der Waals surface area (Å²) in [4.78, 5) is 0. The van der Waals surface area contributed by atoms with E-state index in [1.807, 2.05) is 6.08 Å². The number of hydrogen-bond donors (Lipinski definition) is 0. The minimum Gasteiger partial charge on any atom is -0.375 e. The lowest BCUT2D eigenvalue weighted by molar-refractivity contribution is 0.00369. The zero-order valence-corrected chi connectivity index (χ0v) is 7.73. The van der Waals surface area contributed by atoms with Gasteiger partial charge in [0, 0.05) is 12.1 Å². The quantitative estimate of drug-likeness (QED) is 0.639. The molecule has 0 aliphatic carbocycles. The maximum Gasteiger partial charge on any atom is 0.0715 e. The smallest absolute Gasteiger partial charge is 0.0715 e. The largest absolute Gasteiger partial charge is 0.375 e. The Balaban J connectivity index is 2.45. The second-order valence-electron chi connectivity index (χ2n) is 3.05. The van der Waals surface area contributed by atoms with Crippen molar-refractivity contribution in [1.29, 1.82) is 0 Å². The monoisotopic (exact) mass is 174 g/mol. The molecule has 1 atom stereocenters. The van der Waals surface area contributed by atoms with Gasteiger partial charge in [-0.25, -0.2) is 0 Å². The highest BCUT2D eigenvalue weighted by molar-refractivity contribution is 6.25. The van der Waals surface area contributed by atoms with Crippen LogP contribution in [0.4, 0.5) is 0 Å². The molecule has 0 amide bonds. The summed E-state index contributed by atoms with van der Waals surface area (Å²) in [6.45, 7) is 3.09. The first-order valence-corrected chi connectivity index (χ1v) is 4.66. The zero-order chi connectivity index (χ0) is 8.16. The molecule has 1 heterocycles. The predicted octanol–water partition coefficient (Wildman–Crippen LogP) is 3.09. The molecule has 2 heteroatoms. The van der Waals surface area contributed by atoms with Gasteiger partial charge in [0.25, 0.3) is 0 Å². The molecular formula is C9H15ClO. The minimum atomic E-state index is 0.116. The molecule has 0 saturated carbocycles. The summed E-state index contributed by atoms with van der Waals surface area (Å²) in [5, 5.41) is 0. The lowest BCUT2D eigenvalue weighted by Gasteiger charge is -2.24. The summed E-state index contributed by atoms with van der Waals surface area (Å²) in [7, 11) is 0. The standard InChI is InChI=1S/C9H15ClO/c1-2-9(5-3-7-10)6-4-8-11-9/h3,7H,2,4-6,8H2,1H3. The predicted molar refractivity (Wildman–Crippen MR) is 47.8 cm³/mol. The van der Waals surface area contributed by atoms with Crippen molar-refractivity contribution in [2.24, 2.45) is 0 Å². The van der Waals surface area contributed by atoms with Gasteiger partial charge >= 0.3 is 0 Å². The molecule has 1 fully saturated rings. The van der Waals surface area contributed by atoms with Gasteiger partial charge in [0.15, 0.2) is 0 Å². The van der Waals surface area contributed by atoms with E-state index in [9.17, 15) is 0 Å². The van der Waals surface area contributed by atoms with Crippen molar-refractivity contribution < 1.29 is 4.74 Å². The van der Waals surface area contributed by atoms with Crippen LogP contribution in [0, 0.1) is 0 Å². The maximum absolute atomic E-state index is 5.68. The van der Waals surface area contributed by atoms with Gasteiger partial charge in [-0.15, -0.1) is 0 Å². The van der Waals surface area contributed by atoms with Crippen LogP contribution in [0.2, 0.25) is 0 Å². The van der Waals surface area contributed by atoms with Crippen molar-refractivity contribution >= 4 is 11.6 Å². The molecule has 64 valence electrons. The van der Waals surface area contributed by atoms with Gasteiger partial charge < -0.3 is 4.74 Å². The first-order valence-electron chi connectivity index (χ1n) is 4.22. The molecule has 0 aromatic carbocycles. The molecule has 11 heavy (non-hydrogen) atoms. The molecule has 1 unspecified atom stereocenters. The molecule has 1 rings (SSSR count). The molecule has 0 N–H and O–H groups in total. The molecular weight excluding hydrogens is 160 g/mol. The van der Waals surface area contributed by atoms with Crippen LogP contribution in [0.25, 0.3) is 0 Å². The number of halogens is 1. The van der Waals surface area contributed by atoms with Crippen molar-refractivity contribution in [2.75, 3.05) is 6.61 Å². The molecule has 0 bridgehead atoms. The molecule has 0 spiro atoms. The van der Waals surface area contributed by atoms with Gasteiger partial charge in [0.05, 0.1) is 5.60 Å². The van der Waals surface area contributed by atoms with Crippen molar-refractivity contribution in [3.8, 4) is 0 Å². The highest BCUT2D eigenvalue weighted by atomic mass is 35.5. The van der Waals surface area contributed by atoms with Crippen LogP contribution < -0.4 is 0 Å². The molecule has 0 aromatic rings. The summed E-state index contributed by atoms with van der Waals surface area (Å²) in [5.74, 6) is 0. The van der Waals surface area contributed by atoms with Gasteiger partial charge in [-0.1, -0.05) is 24.6 Å². The van der Waals surface area contributed by atoms with Crippen molar-refractivity contribution in [1.82, 2.24) is 0 Å². The van der Waals surface area contributed by atoms with Crippen molar-refractivity contribution in [2.45, 2.75) is 38.2 Å². The van der Waals surface area contributed by atoms with E-state index in [1.54, 1.807) is 5.54 Å². The van der Waals surface area contributed by atoms with E-state index in [0.29, 0.717) is 0 Å². The number of hydrogen-bond acceptors (Lipinski definition) is 1. The molecule has 1 aliphatic heterocycles.